The van der Waals surface area contributed by atoms with Crippen molar-refractivity contribution in [2.75, 3.05) is 34.5 Å². The molecule has 0 radical (unpaired) electrons. The molecule has 1 aromatic rings. The summed E-state index contributed by atoms with van der Waals surface area (Å²) in [6, 6.07) is 2.76. The minimum atomic E-state index is -5.84. The predicted molar refractivity (Wildman–Crippen MR) is 93.1 cm³/mol. The highest BCUT2D eigenvalue weighted by atomic mass is 35.5. The highest BCUT2D eigenvalue weighted by Crippen LogP contribution is 2.33. The van der Waals surface area contributed by atoms with Crippen molar-refractivity contribution in [1.82, 2.24) is 4.48 Å². The highest BCUT2D eigenvalue weighted by Gasteiger charge is 2.44. The van der Waals surface area contributed by atoms with E-state index in [1.165, 1.54) is 19.2 Å². The summed E-state index contributed by atoms with van der Waals surface area (Å²) in [4.78, 5) is 11.6. The number of carbonyl (C=O) groups excluding carboxylic acids is 1. The molecule has 0 amide bonds. The fourth-order valence-electron chi connectivity index (χ4n) is 1.63. The number of ether oxygens (including phenoxy) is 1. The van der Waals surface area contributed by atoms with E-state index in [1.807, 2.05) is 21.1 Å². The average molecular weight is 457 g/mol. The van der Waals surface area contributed by atoms with Gasteiger partial charge in [-0.25, -0.2) is 13.2 Å². The molecule has 156 valence electrons. The van der Waals surface area contributed by atoms with Crippen LogP contribution in [-0.2, 0) is 24.7 Å². The Labute approximate surface area is 159 Å². The summed E-state index contributed by atoms with van der Waals surface area (Å²) < 4.78 is 86.1. The maximum atomic E-state index is 11.9. The van der Waals surface area contributed by atoms with Gasteiger partial charge in [0.15, 0.2) is 15.5 Å². The third-order valence-corrected chi connectivity index (χ3v) is 4.89. The van der Waals surface area contributed by atoms with E-state index in [-0.39, 0.29) is 20.0 Å². The van der Waals surface area contributed by atoms with Crippen LogP contribution in [0.2, 0.25) is 5.02 Å². The second kappa shape index (κ2) is 8.31. The molecule has 0 atom stereocenters. The molecular weight excluding hydrogens is 439 g/mol. The molecule has 0 unspecified atom stereocenters. The largest absolute Gasteiger partial charge is 0.522 e. The van der Waals surface area contributed by atoms with Crippen LogP contribution >= 0.6 is 11.6 Å². The van der Waals surface area contributed by atoms with E-state index in [4.69, 9.17) is 24.6 Å². The zero-order valence-corrected chi connectivity index (χ0v) is 17.2. The number of methoxy groups -OCH3 is 1. The van der Waals surface area contributed by atoms with E-state index < -0.39 is 31.4 Å². The maximum Gasteiger partial charge on any atom is 0.522 e. The van der Waals surface area contributed by atoms with Crippen molar-refractivity contribution in [2.45, 2.75) is 10.4 Å². The van der Waals surface area contributed by atoms with Crippen molar-refractivity contribution in [3.8, 4) is 0 Å². The molecule has 1 aromatic carbocycles. The molecule has 0 aromatic heterocycles. The number of nitrogens with zero attached hydrogens (tertiary/aromatic N) is 1. The number of sulfone groups is 1. The number of benzene rings is 1. The van der Waals surface area contributed by atoms with E-state index in [0.29, 0.717) is 5.69 Å². The molecule has 0 aliphatic carbocycles. The molecule has 27 heavy (non-hydrogen) atoms. The van der Waals surface area contributed by atoms with E-state index in [9.17, 15) is 26.4 Å². The van der Waals surface area contributed by atoms with Gasteiger partial charge in [0.1, 0.15) is 4.90 Å². The fourth-order valence-corrected chi connectivity index (χ4v) is 2.91. The Bertz CT molecular complexity index is 920. The fraction of sp³-hybridized carbons (Fsp3) is 0.462. The Balaban J connectivity index is 0.000000713. The van der Waals surface area contributed by atoms with Gasteiger partial charge in [0.2, 0.25) is 0 Å². The Hall–Kier alpha value is -1.41. The number of quaternary nitrogens is 1. The summed E-state index contributed by atoms with van der Waals surface area (Å²) in [5, 5.41) is 0.169. The van der Waals surface area contributed by atoms with Gasteiger partial charge in [0, 0.05) is 12.3 Å². The second-order valence-corrected chi connectivity index (χ2v) is 9.80. The molecule has 8 nitrogen and oxygen atoms in total. The summed E-state index contributed by atoms with van der Waals surface area (Å²) in [6.45, 7) is 0. The summed E-state index contributed by atoms with van der Waals surface area (Å²) in [7, 11) is -2.65. The third-order valence-electron chi connectivity index (χ3n) is 2.87. The number of halogens is 4. The lowest BCUT2D eigenvalue weighted by Crippen LogP contribution is -2.36. The normalized spacial score (nSPS) is 12.8. The van der Waals surface area contributed by atoms with Gasteiger partial charge in [-0.3, -0.25) is 9.04 Å². The van der Waals surface area contributed by atoms with Crippen LogP contribution in [0.25, 0.3) is 0 Å². The van der Waals surface area contributed by atoms with E-state index in [2.05, 4.69) is 4.74 Å². The Morgan fingerprint density at radius 1 is 1.15 bits per heavy atom. The molecule has 1 N–H and O–H groups in total. The van der Waals surface area contributed by atoms with Gasteiger partial charge >= 0.3 is 21.6 Å². The Morgan fingerprint density at radius 2 is 1.56 bits per heavy atom. The number of alkyl halides is 3. The summed E-state index contributed by atoms with van der Waals surface area (Å²) in [5.41, 5.74) is -4.98. The number of hydrogen-bond acceptors (Lipinski definition) is 6. The van der Waals surface area contributed by atoms with Gasteiger partial charge in [-0.15, -0.1) is 0 Å². The molecule has 1 rings (SSSR count). The van der Waals surface area contributed by atoms with E-state index >= 15 is 0 Å². The molecule has 0 aliphatic heterocycles. The van der Waals surface area contributed by atoms with Gasteiger partial charge in [0.25, 0.3) is 0 Å². The van der Waals surface area contributed by atoms with Crippen molar-refractivity contribution < 1.29 is 44.1 Å². The summed E-state index contributed by atoms with van der Waals surface area (Å²) in [5.74, 6) is -0.664. The predicted octanol–water partition coefficient (Wildman–Crippen LogP) is 2.12. The van der Waals surface area contributed by atoms with Crippen LogP contribution in [0.3, 0.4) is 0 Å². The van der Waals surface area contributed by atoms with Crippen molar-refractivity contribution in [1.29, 1.82) is 0 Å². The zero-order chi connectivity index (χ0) is 22.0. The number of hydrogen-bond donors (Lipinski definition) is 1. The first-order valence-corrected chi connectivity index (χ1v) is 10.4. The molecule has 0 saturated heterocycles. The lowest BCUT2D eigenvalue weighted by Gasteiger charge is -2.26. The lowest BCUT2D eigenvalue weighted by molar-refractivity contribution is -0.0510. The lowest BCUT2D eigenvalue weighted by atomic mass is 10.2. The second-order valence-electron chi connectivity index (χ2n) is 6.00. The van der Waals surface area contributed by atoms with Crippen molar-refractivity contribution in [3.63, 3.8) is 0 Å². The van der Waals surface area contributed by atoms with Gasteiger partial charge in [0.05, 0.1) is 38.8 Å². The SMILES string of the molecule is COC(=O)c1cc(S(C)(=O)=O)c([N+](C)(C)C)cc1Cl.O=S(=O)(O)C(F)(F)F. The first-order chi connectivity index (χ1) is 11.7. The van der Waals surface area contributed by atoms with Gasteiger partial charge in [-0.05, 0) is 6.07 Å². The minimum Gasteiger partial charge on any atom is -0.465 e. The van der Waals surface area contributed by atoms with Crippen molar-refractivity contribution in [3.05, 3.63) is 22.7 Å². The standard InChI is InChI=1S/C12H17ClNO4S.CHF3O3S/c1-14(2,3)10-7-9(13)8(12(15)18-4)6-11(10)19(5,16)17;2-1(3,4)8(5,6)7/h6-7H,1-5H3;(H,5,6,7)/q+1;. The number of carbonyl (C=O) groups is 1. The highest BCUT2D eigenvalue weighted by molar-refractivity contribution is 7.90. The minimum absolute atomic E-state index is 0.0433. The van der Waals surface area contributed by atoms with E-state index in [0.717, 1.165) is 6.26 Å². The third kappa shape index (κ3) is 7.25. The molecular formula is C13H18ClF3NO7S2+. The molecule has 14 heteroatoms. The van der Waals surface area contributed by atoms with Crippen LogP contribution in [0.15, 0.2) is 17.0 Å². The van der Waals surface area contributed by atoms with Crippen LogP contribution in [0, 0.1) is 0 Å². The molecule has 0 heterocycles. The Morgan fingerprint density at radius 3 is 1.81 bits per heavy atom. The molecule has 0 bridgehead atoms. The smallest absolute Gasteiger partial charge is 0.465 e. The van der Waals surface area contributed by atoms with Crippen LogP contribution in [-0.4, -0.2) is 67.4 Å². The maximum absolute atomic E-state index is 11.9. The van der Waals surface area contributed by atoms with Crippen LogP contribution in [0.1, 0.15) is 10.4 Å². The first kappa shape index (κ1) is 25.6. The topological polar surface area (TPSA) is 115 Å². The van der Waals surface area contributed by atoms with Gasteiger partial charge in [-0.2, -0.15) is 21.6 Å². The first-order valence-electron chi connectivity index (χ1n) is 6.71. The Kier molecular flexibility index (Phi) is 7.87. The van der Waals surface area contributed by atoms with Crippen LogP contribution in [0.4, 0.5) is 18.9 Å². The zero-order valence-electron chi connectivity index (χ0n) is 14.8. The van der Waals surface area contributed by atoms with Gasteiger partial charge in [-0.1, -0.05) is 11.6 Å². The summed E-state index contributed by atoms with van der Waals surface area (Å²) in [6.07, 6.45) is 1.09. The average Bonchev–Trinajstić information content (AvgIpc) is 2.42. The number of rotatable bonds is 3. The molecule has 0 saturated carbocycles. The van der Waals surface area contributed by atoms with Crippen LogP contribution < -0.4 is 4.48 Å². The van der Waals surface area contributed by atoms with E-state index in [1.54, 1.807) is 0 Å². The van der Waals surface area contributed by atoms with Gasteiger partial charge < -0.3 is 4.74 Å². The van der Waals surface area contributed by atoms with Crippen molar-refractivity contribution in [2.24, 2.45) is 0 Å². The monoisotopic (exact) mass is 456 g/mol. The van der Waals surface area contributed by atoms with Crippen molar-refractivity contribution >= 4 is 43.2 Å². The molecule has 0 fully saturated rings. The molecule has 0 spiro atoms. The number of esters is 1. The molecule has 0 aliphatic rings. The van der Waals surface area contributed by atoms with Crippen LogP contribution in [0.5, 0.6) is 0 Å². The quantitative estimate of drug-likeness (QED) is 0.320. The summed E-state index contributed by atoms with van der Waals surface area (Å²) >= 11 is 6.03.